The van der Waals surface area contributed by atoms with Crippen LogP contribution in [0.15, 0.2) is 48.5 Å². The largest absolute Gasteiger partial charge is 0.368 e. The van der Waals surface area contributed by atoms with Crippen molar-refractivity contribution >= 4 is 12.1 Å². The molecule has 2 aliphatic rings. The zero-order valence-electron chi connectivity index (χ0n) is 18.8. The lowest BCUT2D eigenvalue weighted by molar-refractivity contribution is -0.109. The van der Waals surface area contributed by atoms with E-state index >= 15 is 0 Å². The lowest BCUT2D eigenvalue weighted by Crippen LogP contribution is -2.44. The molecule has 0 saturated carbocycles. The highest BCUT2D eigenvalue weighted by atomic mass is 16.1. The SMILES string of the molecule is CC(C)NC=O.Cc1ccc(CCN2CCC(N3CCc4ccccc43)CC2)cc1. The molecule has 0 spiro atoms. The van der Waals surface area contributed by atoms with E-state index in [2.05, 4.69) is 70.6 Å². The second-order valence-corrected chi connectivity index (χ2v) is 8.82. The Labute approximate surface area is 182 Å². The highest BCUT2D eigenvalue weighted by Gasteiger charge is 2.28. The van der Waals surface area contributed by atoms with E-state index in [0.29, 0.717) is 6.41 Å². The Morgan fingerprint density at radius 2 is 1.73 bits per heavy atom. The number of likely N-dealkylation sites (tertiary alicyclic amines) is 1. The lowest BCUT2D eigenvalue weighted by atomic mass is 10.0. The Morgan fingerprint density at radius 3 is 2.37 bits per heavy atom. The fraction of sp³-hybridized carbons (Fsp3) is 0.500. The summed E-state index contributed by atoms with van der Waals surface area (Å²) in [6.45, 7) is 10.9. The molecule has 4 nitrogen and oxygen atoms in total. The average Bonchev–Trinajstić information content (AvgIpc) is 3.18. The molecule has 4 heteroatoms. The maximum atomic E-state index is 9.50. The van der Waals surface area contributed by atoms with Crippen LogP contribution in [0.25, 0.3) is 0 Å². The number of para-hydroxylation sites is 1. The van der Waals surface area contributed by atoms with Gasteiger partial charge in [0.05, 0.1) is 0 Å². The first-order valence-corrected chi connectivity index (χ1v) is 11.4. The van der Waals surface area contributed by atoms with Gasteiger partial charge in [0.25, 0.3) is 0 Å². The van der Waals surface area contributed by atoms with Gasteiger partial charge < -0.3 is 15.1 Å². The maximum absolute atomic E-state index is 9.50. The van der Waals surface area contributed by atoms with Gasteiger partial charge in [-0.05, 0) is 63.6 Å². The summed E-state index contributed by atoms with van der Waals surface area (Å²) in [4.78, 5) is 14.8. The Balaban J connectivity index is 0.000000377. The van der Waals surface area contributed by atoms with Crippen molar-refractivity contribution in [2.24, 2.45) is 0 Å². The van der Waals surface area contributed by atoms with E-state index in [4.69, 9.17) is 0 Å². The molecule has 2 aliphatic heterocycles. The summed E-state index contributed by atoms with van der Waals surface area (Å²) in [5.74, 6) is 0. The Bertz CT molecular complexity index is 779. The number of fused-ring (bicyclic) bond motifs is 1. The first-order valence-electron chi connectivity index (χ1n) is 11.4. The maximum Gasteiger partial charge on any atom is 0.207 e. The standard InChI is InChI=1S/C22H28N2.C4H9NO/c1-18-6-8-19(9-7-18)10-14-23-15-12-21(13-16-23)24-17-11-20-4-2-3-5-22(20)24;1-4(2)5-3-6/h2-9,21H,10-17H2,1H3;3-4H,1-2H3,(H,5,6). The molecule has 30 heavy (non-hydrogen) atoms. The van der Waals surface area contributed by atoms with E-state index in [1.165, 1.54) is 68.7 Å². The van der Waals surface area contributed by atoms with Gasteiger partial charge in [-0.15, -0.1) is 0 Å². The smallest absolute Gasteiger partial charge is 0.207 e. The molecule has 0 aliphatic carbocycles. The summed E-state index contributed by atoms with van der Waals surface area (Å²) < 4.78 is 0. The number of anilines is 1. The van der Waals surface area contributed by atoms with Crippen molar-refractivity contribution in [2.45, 2.75) is 58.5 Å². The van der Waals surface area contributed by atoms with E-state index in [1.807, 2.05) is 13.8 Å². The number of piperidine rings is 1. The van der Waals surface area contributed by atoms with E-state index in [0.717, 1.165) is 6.04 Å². The van der Waals surface area contributed by atoms with Gasteiger partial charge in [0.1, 0.15) is 0 Å². The molecule has 1 saturated heterocycles. The van der Waals surface area contributed by atoms with Crippen LogP contribution < -0.4 is 10.2 Å². The molecule has 4 rings (SSSR count). The normalized spacial score (nSPS) is 16.7. The third-order valence-electron chi connectivity index (χ3n) is 6.16. The van der Waals surface area contributed by atoms with Gasteiger partial charge in [0.15, 0.2) is 0 Å². The van der Waals surface area contributed by atoms with Crippen LogP contribution in [0.5, 0.6) is 0 Å². The number of carbonyl (C=O) groups excluding carboxylic acids is 1. The van der Waals surface area contributed by atoms with E-state index in [1.54, 1.807) is 5.56 Å². The third-order valence-corrected chi connectivity index (χ3v) is 6.16. The number of carbonyl (C=O) groups is 1. The van der Waals surface area contributed by atoms with Crippen LogP contribution >= 0.6 is 0 Å². The minimum Gasteiger partial charge on any atom is -0.368 e. The first kappa shape index (κ1) is 22.4. The molecule has 0 unspecified atom stereocenters. The van der Waals surface area contributed by atoms with Crippen LogP contribution in [0.4, 0.5) is 5.69 Å². The molecule has 1 amide bonds. The predicted molar refractivity (Wildman–Crippen MR) is 126 cm³/mol. The number of amides is 1. The fourth-order valence-electron chi connectivity index (χ4n) is 4.38. The summed E-state index contributed by atoms with van der Waals surface area (Å²) in [7, 11) is 0. The first-order chi connectivity index (χ1) is 14.6. The lowest BCUT2D eigenvalue weighted by Gasteiger charge is -2.38. The van der Waals surface area contributed by atoms with Crippen molar-refractivity contribution in [1.29, 1.82) is 0 Å². The van der Waals surface area contributed by atoms with Gasteiger partial charge >= 0.3 is 0 Å². The molecule has 1 fully saturated rings. The van der Waals surface area contributed by atoms with Crippen molar-refractivity contribution < 1.29 is 4.79 Å². The van der Waals surface area contributed by atoms with Gasteiger partial charge in [0.2, 0.25) is 6.41 Å². The van der Waals surface area contributed by atoms with Crippen molar-refractivity contribution in [1.82, 2.24) is 10.2 Å². The molecule has 162 valence electrons. The number of rotatable bonds is 6. The molecular formula is C26H37N3O. The minimum atomic E-state index is 0.280. The number of aryl methyl sites for hydroxylation is 1. The monoisotopic (exact) mass is 407 g/mol. The molecule has 2 aromatic rings. The van der Waals surface area contributed by atoms with Crippen molar-refractivity contribution in [3.8, 4) is 0 Å². The zero-order chi connectivity index (χ0) is 21.3. The van der Waals surface area contributed by atoms with Crippen LogP contribution in [0.2, 0.25) is 0 Å². The Kier molecular flexibility index (Phi) is 8.32. The molecule has 0 radical (unpaired) electrons. The van der Waals surface area contributed by atoms with Crippen molar-refractivity contribution in [2.75, 3.05) is 31.1 Å². The quantitative estimate of drug-likeness (QED) is 0.729. The third kappa shape index (κ3) is 6.33. The van der Waals surface area contributed by atoms with Gasteiger partial charge in [-0.3, -0.25) is 4.79 Å². The van der Waals surface area contributed by atoms with Crippen molar-refractivity contribution in [3.05, 3.63) is 65.2 Å². The zero-order valence-corrected chi connectivity index (χ0v) is 18.8. The minimum absolute atomic E-state index is 0.280. The summed E-state index contributed by atoms with van der Waals surface area (Å²) >= 11 is 0. The Hall–Kier alpha value is -2.33. The van der Waals surface area contributed by atoms with Gasteiger partial charge in [-0.2, -0.15) is 0 Å². The van der Waals surface area contributed by atoms with E-state index in [9.17, 15) is 4.79 Å². The molecule has 2 heterocycles. The number of hydrogen-bond donors (Lipinski definition) is 1. The summed E-state index contributed by atoms with van der Waals surface area (Å²) in [6.07, 6.45) is 5.72. The van der Waals surface area contributed by atoms with Gasteiger partial charge in [-0.25, -0.2) is 0 Å². The van der Waals surface area contributed by atoms with E-state index in [-0.39, 0.29) is 6.04 Å². The number of nitrogens with zero attached hydrogens (tertiary/aromatic N) is 2. The second kappa shape index (κ2) is 11.2. The van der Waals surface area contributed by atoms with Crippen molar-refractivity contribution in [3.63, 3.8) is 0 Å². The molecule has 0 aromatic heterocycles. The molecule has 0 atom stereocenters. The van der Waals surface area contributed by atoms with Gasteiger partial charge in [0, 0.05) is 44.0 Å². The van der Waals surface area contributed by atoms with Crippen LogP contribution in [0.1, 0.15) is 43.4 Å². The van der Waals surface area contributed by atoms with Crippen LogP contribution in [0, 0.1) is 6.92 Å². The van der Waals surface area contributed by atoms with Crippen LogP contribution in [-0.4, -0.2) is 49.6 Å². The topological polar surface area (TPSA) is 35.6 Å². The fourth-order valence-corrected chi connectivity index (χ4v) is 4.38. The number of hydrogen-bond acceptors (Lipinski definition) is 3. The molecular weight excluding hydrogens is 370 g/mol. The van der Waals surface area contributed by atoms with E-state index < -0.39 is 0 Å². The number of nitrogens with one attached hydrogen (secondary N) is 1. The molecule has 2 aromatic carbocycles. The summed E-state index contributed by atoms with van der Waals surface area (Å²) in [5.41, 5.74) is 5.86. The highest BCUT2D eigenvalue weighted by molar-refractivity contribution is 5.58. The average molecular weight is 408 g/mol. The summed E-state index contributed by atoms with van der Waals surface area (Å²) in [6, 6.07) is 19.0. The van der Waals surface area contributed by atoms with Crippen LogP contribution in [0.3, 0.4) is 0 Å². The predicted octanol–water partition coefficient (Wildman–Crippen LogP) is 4.21. The van der Waals surface area contributed by atoms with Gasteiger partial charge in [-0.1, -0.05) is 48.0 Å². The molecule has 0 bridgehead atoms. The summed E-state index contributed by atoms with van der Waals surface area (Å²) in [5, 5.41) is 2.53. The highest BCUT2D eigenvalue weighted by Crippen LogP contribution is 2.32. The Morgan fingerprint density at radius 1 is 1.03 bits per heavy atom. The second-order valence-electron chi connectivity index (χ2n) is 8.82. The number of benzene rings is 2. The van der Waals surface area contributed by atoms with Crippen LogP contribution in [-0.2, 0) is 17.6 Å². The molecule has 1 N–H and O–H groups in total.